The second-order valence-electron chi connectivity index (χ2n) is 7.30. The third-order valence-electron chi connectivity index (χ3n) is 4.82. The first kappa shape index (κ1) is 22.2. The number of nitrogens with zero attached hydrogens (tertiary/aromatic N) is 2. The average molecular weight is 390 g/mol. The summed E-state index contributed by atoms with van der Waals surface area (Å²) in [5.41, 5.74) is 1.08. The van der Waals surface area contributed by atoms with Gasteiger partial charge in [0.25, 0.3) is 0 Å². The molecule has 2 rings (SSSR count). The van der Waals surface area contributed by atoms with Crippen molar-refractivity contribution in [2.24, 2.45) is 10.9 Å². The quantitative estimate of drug-likeness (QED) is 0.437. The minimum Gasteiger partial charge on any atom is -0.379 e. The first-order chi connectivity index (χ1) is 13.6. The monoisotopic (exact) mass is 389 g/mol. The highest BCUT2D eigenvalue weighted by molar-refractivity contribution is 5.84. The molecule has 1 aromatic rings. The molecule has 1 aliphatic heterocycles. The fraction of sp³-hybridized carbons (Fsp3) is 0.619. The van der Waals surface area contributed by atoms with Crippen molar-refractivity contribution < 1.29 is 9.53 Å². The standard InChI is InChI=1S/C21H35N5O2/c1-4-22-21(24-15-19(17(2)3)26-10-12-28-13-11-26)25-16-20(27)23-14-18-8-6-5-7-9-18/h5-9,17,19H,4,10-16H2,1-3H3,(H,23,27)(H2,22,24,25). The number of ether oxygens (including phenoxy) is 1. The predicted octanol–water partition coefficient (Wildman–Crippen LogP) is 1.21. The number of aliphatic imine (C=N–C) groups is 1. The molecular formula is C21H35N5O2. The van der Waals surface area contributed by atoms with E-state index in [-0.39, 0.29) is 12.5 Å². The Morgan fingerprint density at radius 1 is 1.14 bits per heavy atom. The van der Waals surface area contributed by atoms with Crippen molar-refractivity contribution >= 4 is 11.9 Å². The van der Waals surface area contributed by atoms with Crippen molar-refractivity contribution in [3.8, 4) is 0 Å². The van der Waals surface area contributed by atoms with E-state index in [2.05, 4.69) is 39.7 Å². The molecule has 0 radical (unpaired) electrons. The maximum absolute atomic E-state index is 12.1. The molecule has 1 amide bonds. The van der Waals surface area contributed by atoms with Gasteiger partial charge in [0, 0.05) is 38.8 Å². The highest BCUT2D eigenvalue weighted by Gasteiger charge is 2.23. The van der Waals surface area contributed by atoms with Crippen LogP contribution in [0.15, 0.2) is 35.3 Å². The van der Waals surface area contributed by atoms with Crippen LogP contribution in [0.25, 0.3) is 0 Å². The topological polar surface area (TPSA) is 78.0 Å². The Labute approximate surface area is 168 Å². The van der Waals surface area contributed by atoms with Crippen molar-refractivity contribution in [1.82, 2.24) is 20.9 Å². The summed E-state index contributed by atoms with van der Waals surface area (Å²) in [6.45, 7) is 12.2. The lowest BCUT2D eigenvalue weighted by Crippen LogP contribution is -2.52. The van der Waals surface area contributed by atoms with E-state index in [0.717, 1.165) is 45.0 Å². The number of hydrogen-bond donors (Lipinski definition) is 3. The molecule has 1 aromatic carbocycles. The molecule has 28 heavy (non-hydrogen) atoms. The summed E-state index contributed by atoms with van der Waals surface area (Å²) in [5.74, 6) is 1.11. The Bertz CT molecular complexity index is 600. The van der Waals surface area contributed by atoms with Gasteiger partial charge in [0.05, 0.1) is 13.2 Å². The molecule has 0 aliphatic carbocycles. The zero-order chi connectivity index (χ0) is 20.2. The van der Waals surface area contributed by atoms with Crippen LogP contribution in [0.4, 0.5) is 0 Å². The Morgan fingerprint density at radius 3 is 2.50 bits per heavy atom. The van der Waals surface area contributed by atoms with Crippen LogP contribution >= 0.6 is 0 Å². The molecule has 0 spiro atoms. The van der Waals surface area contributed by atoms with Crippen LogP contribution in [0.3, 0.4) is 0 Å². The van der Waals surface area contributed by atoms with Crippen molar-refractivity contribution in [3.05, 3.63) is 35.9 Å². The maximum atomic E-state index is 12.1. The van der Waals surface area contributed by atoms with E-state index >= 15 is 0 Å². The molecule has 1 unspecified atom stereocenters. The van der Waals surface area contributed by atoms with Crippen LogP contribution in [-0.2, 0) is 16.1 Å². The van der Waals surface area contributed by atoms with Crippen molar-refractivity contribution in [2.75, 3.05) is 45.9 Å². The number of carbonyl (C=O) groups is 1. The molecule has 1 aliphatic rings. The predicted molar refractivity (Wildman–Crippen MR) is 113 cm³/mol. The van der Waals surface area contributed by atoms with Gasteiger partial charge >= 0.3 is 0 Å². The van der Waals surface area contributed by atoms with Crippen LogP contribution < -0.4 is 16.0 Å². The van der Waals surface area contributed by atoms with E-state index in [1.165, 1.54) is 0 Å². The maximum Gasteiger partial charge on any atom is 0.242 e. The minimum absolute atomic E-state index is 0.0883. The van der Waals surface area contributed by atoms with Crippen LogP contribution in [0, 0.1) is 5.92 Å². The molecule has 0 bridgehead atoms. The number of guanidine groups is 1. The normalized spacial score (nSPS) is 16.6. The summed E-state index contributed by atoms with van der Waals surface area (Å²) < 4.78 is 5.47. The molecule has 7 heteroatoms. The summed E-state index contributed by atoms with van der Waals surface area (Å²) in [6.07, 6.45) is 0. The number of carbonyl (C=O) groups excluding carboxylic acids is 1. The number of benzene rings is 1. The summed E-state index contributed by atoms with van der Waals surface area (Å²) >= 11 is 0. The SMILES string of the molecule is CCNC(=NCC(=O)NCc1ccccc1)NCC(C(C)C)N1CCOCC1. The number of rotatable bonds is 9. The Morgan fingerprint density at radius 2 is 1.86 bits per heavy atom. The Hall–Kier alpha value is -2.12. The lowest BCUT2D eigenvalue weighted by molar-refractivity contribution is -0.119. The third-order valence-corrected chi connectivity index (χ3v) is 4.82. The molecule has 156 valence electrons. The van der Waals surface area contributed by atoms with Crippen molar-refractivity contribution in [3.63, 3.8) is 0 Å². The highest BCUT2D eigenvalue weighted by atomic mass is 16.5. The van der Waals surface area contributed by atoms with E-state index in [1.807, 2.05) is 37.3 Å². The first-order valence-corrected chi connectivity index (χ1v) is 10.2. The van der Waals surface area contributed by atoms with Gasteiger partial charge in [-0.25, -0.2) is 4.99 Å². The summed E-state index contributed by atoms with van der Waals surface area (Å²) in [7, 11) is 0. The molecule has 3 N–H and O–H groups in total. The van der Waals surface area contributed by atoms with Crippen molar-refractivity contribution in [2.45, 2.75) is 33.4 Å². The second-order valence-corrected chi connectivity index (χ2v) is 7.30. The molecule has 0 aromatic heterocycles. The lowest BCUT2D eigenvalue weighted by Gasteiger charge is -2.37. The van der Waals surface area contributed by atoms with Gasteiger partial charge in [0.1, 0.15) is 6.54 Å². The van der Waals surface area contributed by atoms with Gasteiger partial charge < -0.3 is 20.7 Å². The lowest BCUT2D eigenvalue weighted by atomic mass is 10.0. The minimum atomic E-state index is -0.0883. The van der Waals surface area contributed by atoms with Gasteiger partial charge in [-0.1, -0.05) is 44.2 Å². The van der Waals surface area contributed by atoms with Crippen LogP contribution in [0.5, 0.6) is 0 Å². The molecule has 7 nitrogen and oxygen atoms in total. The highest BCUT2D eigenvalue weighted by Crippen LogP contribution is 2.12. The van der Waals surface area contributed by atoms with Gasteiger partial charge in [-0.3, -0.25) is 9.69 Å². The van der Waals surface area contributed by atoms with E-state index in [9.17, 15) is 4.79 Å². The van der Waals surface area contributed by atoms with E-state index in [0.29, 0.717) is 24.5 Å². The number of amides is 1. The van der Waals surface area contributed by atoms with Gasteiger partial charge in [-0.05, 0) is 18.4 Å². The van der Waals surface area contributed by atoms with E-state index in [4.69, 9.17) is 4.74 Å². The van der Waals surface area contributed by atoms with E-state index < -0.39 is 0 Å². The fourth-order valence-electron chi connectivity index (χ4n) is 3.24. The van der Waals surface area contributed by atoms with Gasteiger partial charge in [-0.15, -0.1) is 0 Å². The molecule has 1 atom stereocenters. The van der Waals surface area contributed by atoms with Crippen LogP contribution in [0.1, 0.15) is 26.3 Å². The number of morpholine rings is 1. The van der Waals surface area contributed by atoms with Crippen LogP contribution in [-0.4, -0.2) is 68.7 Å². The summed E-state index contributed by atoms with van der Waals surface area (Å²) in [5, 5.41) is 9.54. The smallest absolute Gasteiger partial charge is 0.242 e. The Kier molecular flexibility index (Phi) is 9.79. The summed E-state index contributed by atoms with van der Waals surface area (Å²) in [4.78, 5) is 19.0. The van der Waals surface area contributed by atoms with Crippen LogP contribution in [0.2, 0.25) is 0 Å². The molecule has 1 fully saturated rings. The van der Waals surface area contributed by atoms with Gasteiger partial charge in [0.15, 0.2) is 5.96 Å². The van der Waals surface area contributed by atoms with Crippen molar-refractivity contribution in [1.29, 1.82) is 0 Å². The van der Waals surface area contributed by atoms with Gasteiger partial charge in [0.2, 0.25) is 5.91 Å². The Balaban J connectivity index is 1.83. The second kappa shape index (κ2) is 12.4. The third kappa shape index (κ3) is 7.86. The molecule has 0 saturated carbocycles. The zero-order valence-electron chi connectivity index (χ0n) is 17.4. The summed E-state index contributed by atoms with van der Waals surface area (Å²) in [6, 6.07) is 10.3. The van der Waals surface area contributed by atoms with E-state index in [1.54, 1.807) is 0 Å². The fourth-order valence-corrected chi connectivity index (χ4v) is 3.24. The zero-order valence-corrected chi connectivity index (χ0v) is 17.4. The average Bonchev–Trinajstić information content (AvgIpc) is 2.72. The van der Waals surface area contributed by atoms with Gasteiger partial charge in [-0.2, -0.15) is 0 Å². The first-order valence-electron chi connectivity index (χ1n) is 10.2. The molecule has 1 saturated heterocycles. The number of hydrogen-bond acceptors (Lipinski definition) is 4. The molecule has 1 heterocycles. The largest absolute Gasteiger partial charge is 0.379 e. The molecular weight excluding hydrogens is 354 g/mol. The number of nitrogens with one attached hydrogen (secondary N) is 3.